The van der Waals surface area contributed by atoms with Crippen LogP contribution in [-0.2, 0) is 4.79 Å². The van der Waals surface area contributed by atoms with Gasteiger partial charge in [0.15, 0.2) is 11.5 Å². The van der Waals surface area contributed by atoms with E-state index in [0.29, 0.717) is 22.9 Å². The van der Waals surface area contributed by atoms with Gasteiger partial charge in [0.1, 0.15) is 0 Å². The summed E-state index contributed by atoms with van der Waals surface area (Å²) in [5.74, 6) is 3.44. The molecule has 5 heteroatoms. The van der Waals surface area contributed by atoms with Gasteiger partial charge >= 0.3 is 0 Å². The number of hydrogen-bond donors (Lipinski definition) is 1. The molecule has 0 spiro atoms. The predicted molar refractivity (Wildman–Crippen MR) is 79.0 cm³/mol. The quantitative estimate of drug-likeness (QED) is 0.906. The Balaban J connectivity index is 1.76. The van der Waals surface area contributed by atoms with Crippen molar-refractivity contribution in [2.24, 2.45) is 17.8 Å². The molecule has 2 unspecified atom stereocenters. The summed E-state index contributed by atoms with van der Waals surface area (Å²) in [5, 5.41) is 2.97. The number of amides is 1. The minimum Gasteiger partial charge on any atom is -0.493 e. The lowest BCUT2D eigenvalue weighted by atomic mass is 10.0. The van der Waals surface area contributed by atoms with Gasteiger partial charge in [0, 0.05) is 23.7 Å². The van der Waals surface area contributed by atoms with E-state index in [2.05, 4.69) is 5.32 Å². The Morgan fingerprint density at radius 3 is 2.05 bits per heavy atom. The molecule has 0 saturated heterocycles. The number of nitrogens with one attached hydrogen (secondary N) is 1. The number of anilines is 1. The topological polar surface area (TPSA) is 56.8 Å². The van der Waals surface area contributed by atoms with Gasteiger partial charge < -0.3 is 19.5 Å². The number of carbonyl (C=O) groups is 1. The molecule has 114 valence electrons. The highest BCUT2D eigenvalue weighted by Crippen LogP contribution is 2.54. The van der Waals surface area contributed by atoms with Crippen molar-refractivity contribution in [2.75, 3.05) is 26.6 Å². The molecule has 0 heterocycles. The van der Waals surface area contributed by atoms with E-state index in [0.717, 1.165) is 24.7 Å². The second-order valence-corrected chi connectivity index (χ2v) is 5.83. The molecule has 21 heavy (non-hydrogen) atoms. The molecule has 0 aliphatic heterocycles. The summed E-state index contributed by atoms with van der Waals surface area (Å²) in [4.78, 5) is 12.3. The van der Waals surface area contributed by atoms with Gasteiger partial charge in [-0.2, -0.15) is 0 Å². The lowest BCUT2D eigenvalue weighted by molar-refractivity contribution is -0.120. The maximum absolute atomic E-state index is 12.3. The summed E-state index contributed by atoms with van der Waals surface area (Å²) in [7, 11) is 4.68. The minimum atomic E-state index is 0.0940. The molecule has 2 atom stereocenters. The standard InChI is InChI=1S/C16H21NO4/c1-19-13-7-12(8-14(20-2)15(13)21-3)17-16(18)11-5-9-4-10(9)6-11/h7-11H,4-6H2,1-3H3,(H,17,18). The Labute approximate surface area is 124 Å². The van der Waals surface area contributed by atoms with E-state index in [4.69, 9.17) is 14.2 Å². The van der Waals surface area contributed by atoms with Crippen molar-refractivity contribution in [1.29, 1.82) is 0 Å². The molecule has 0 aromatic heterocycles. The summed E-state index contributed by atoms with van der Waals surface area (Å²) in [6.45, 7) is 0. The van der Waals surface area contributed by atoms with E-state index in [1.807, 2.05) is 0 Å². The monoisotopic (exact) mass is 291 g/mol. The van der Waals surface area contributed by atoms with Crippen molar-refractivity contribution < 1.29 is 19.0 Å². The number of benzene rings is 1. The van der Waals surface area contributed by atoms with Crippen LogP contribution in [0.15, 0.2) is 12.1 Å². The number of ether oxygens (including phenoxy) is 3. The lowest BCUT2D eigenvalue weighted by Gasteiger charge is -2.16. The molecule has 2 aliphatic rings. The average Bonchev–Trinajstić information content (AvgIpc) is 3.11. The van der Waals surface area contributed by atoms with Gasteiger partial charge in [-0.05, 0) is 31.1 Å². The van der Waals surface area contributed by atoms with Crippen LogP contribution in [0.3, 0.4) is 0 Å². The zero-order valence-electron chi connectivity index (χ0n) is 12.6. The maximum atomic E-state index is 12.3. The number of carbonyl (C=O) groups excluding carboxylic acids is 1. The van der Waals surface area contributed by atoms with Crippen molar-refractivity contribution in [2.45, 2.75) is 19.3 Å². The van der Waals surface area contributed by atoms with Crippen LogP contribution in [0, 0.1) is 17.8 Å². The fourth-order valence-electron chi connectivity index (χ4n) is 3.33. The Hall–Kier alpha value is -1.91. The van der Waals surface area contributed by atoms with Crippen LogP contribution in [0.4, 0.5) is 5.69 Å². The van der Waals surface area contributed by atoms with E-state index in [9.17, 15) is 4.79 Å². The summed E-state index contributed by atoms with van der Waals surface area (Å²) >= 11 is 0. The van der Waals surface area contributed by atoms with Gasteiger partial charge in [-0.1, -0.05) is 0 Å². The SMILES string of the molecule is COc1cc(NC(=O)C2CC3CC3C2)cc(OC)c1OC. The van der Waals surface area contributed by atoms with Crippen LogP contribution >= 0.6 is 0 Å². The van der Waals surface area contributed by atoms with Crippen LogP contribution in [0.25, 0.3) is 0 Å². The van der Waals surface area contributed by atoms with E-state index >= 15 is 0 Å². The van der Waals surface area contributed by atoms with Crippen LogP contribution in [0.5, 0.6) is 17.2 Å². The van der Waals surface area contributed by atoms with Gasteiger partial charge in [-0.3, -0.25) is 4.79 Å². The highest BCUT2D eigenvalue weighted by Gasteiger charge is 2.48. The molecule has 2 fully saturated rings. The largest absolute Gasteiger partial charge is 0.493 e. The van der Waals surface area contributed by atoms with Crippen molar-refractivity contribution >= 4 is 11.6 Å². The lowest BCUT2D eigenvalue weighted by Crippen LogP contribution is -2.21. The van der Waals surface area contributed by atoms with Crippen LogP contribution in [0.1, 0.15) is 19.3 Å². The van der Waals surface area contributed by atoms with E-state index in [1.54, 1.807) is 33.5 Å². The Morgan fingerprint density at radius 2 is 1.57 bits per heavy atom. The third kappa shape index (κ3) is 2.64. The molecule has 1 N–H and O–H groups in total. The molecule has 5 nitrogen and oxygen atoms in total. The van der Waals surface area contributed by atoms with Gasteiger partial charge in [-0.15, -0.1) is 0 Å². The second kappa shape index (κ2) is 5.47. The van der Waals surface area contributed by atoms with Crippen molar-refractivity contribution in [3.05, 3.63) is 12.1 Å². The number of rotatable bonds is 5. The van der Waals surface area contributed by atoms with E-state index < -0.39 is 0 Å². The molecule has 1 aromatic rings. The first-order valence-corrected chi connectivity index (χ1v) is 7.27. The molecule has 1 aromatic carbocycles. The smallest absolute Gasteiger partial charge is 0.227 e. The zero-order chi connectivity index (χ0) is 15.0. The van der Waals surface area contributed by atoms with Crippen LogP contribution in [-0.4, -0.2) is 27.2 Å². The molecule has 3 rings (SSSR count). The van der Waals surface area contributed by atoms with Crippen LogP contribution < -0.4 is 19.5 Å². The summed E-state index contributed by atoms with van der Waals surface area (Å²) in [5.41, 5.74) is 0.676. The molecule has 1 amide bonds. The second-order valence-electron chi connectivity index (χ2n) is 5.83. The van der Waals surface area contributed by atoms with Gasteiger partial charge in [0.25, 0.3) is 0 Å². The molecule has 2 saturated carbocycles. The van der Waals surface area contributed by atoms with Crippen molar-refractivity contribution in [3.63, 3.8) is 0 Å². The summed E-state index contributed by atoms with van der Waals surface area (Å²) in [6, 6.07) is 3.52. The molecule has 0 bridgehead atoms. The van der Waals surface area contributed by atoms with Crippen LogP contribution in [0.2, 0.25) is 0 Å². The Bertz CT molecular complexity index is 522. The van der Waals surface area contributed by atoms with E-state index in [1.165, 1.54) is 6.42 Å². The Kier molecular flexibility index (Phi) is 3.66. The first kappa shape index (κ1) is 14.0. The Morgan fingerprint density at radius 1 is 1.00 bits per heavy atom. The highest BCUT2D eigenvalue weighted by molar-refractivity contribution is 5.93. The number of fused-ring (bicyclic) bond motifs is 1. The third-order valence-electron chi connectivity index (χ3n) is 4.55. The molecular formula is C16H21NO4. The minimum absolute atomic E-state index is 0.0940. The third-order valence-corrected chi connectivity index (χ3v) is 4.55. The first-order valence-electron chi connectivity index (χ1n) is 7.27. The first-order chi connectivity index (χ1) is 10.2. The summed E-state index contributed by atoms with van der Waals surface area (Å²) < 4.78 is 15.9. The fraction of sp³-hybridized carbons (Fsp3) is 0.562. The van der Waals surface area contributed by atoms with Crippen molar-refractivity contribution in [3.8, 4) is 17.2 Å². The predicted octanol–water partition coefficient (Wildman–Crippen LogP) is 2.70. The van der Waals surface area contributed by atoms with Gasteiger partial charge in [0.2, 0.25) is 11.7 Å². The van der Waals surface area contributed by atoms with Crippen molar-refractivity contribution in [1.82, 2.24) is 0 Å². The number of methoxy groups -OCH3 is 3. The zero-order valence-corrected chi connectivity index (χ0v) is 12.6. The highest BCUT2D eigenvalue weighted by atomic mass is 16.5. The molecular weight excluding hydrogens is 270 g/mol. The fourth-order valence-corrected chi connectivity index (χ4v) is 3.33. The summed E-state index contributed by atoms with van der Waals surface area (Å²) in [6.07, 6.45) is 3.37. The number of hydrogen-bond acceptors (Lipinski definition) is 4. The van der Waals surface area contributed by atoms with E-state index in [-0.39, 0.29) is 11.8 Å². The average molecular weight is 291 g/mol. The van der Waals surface area contributed by atoms with Gasteiger partial charge in [-0.25, -0.2) is 0 Å². The van der Waals surface area contributed by atoms with Gasteiger partial charge in [0.05, 0.1) is 21.3 Å². The molecule has 0 radical (unpaired) electrons. The molecule has 2 aliphatic carbocycles. The normalized spacial score (nSPS) is 26.0. The maximum Gasteiger partial charge on any atom is 0.227 e.